The number of carbonyl (C=O) groups is 1. The van der Waals surface area contributed by atoms with Crippen LogP contribution in [0.25, 0.3) is 11.1 Å². The van der Waals surface area contributed by atoms with E-state index in [9.17, 15) is 4.79 Å². The van der Waals surface area contributed by atoms with Crippen LogP contribution < -0.4 is 0 Å². The number of esters is 1. The molecule has 18 heavy (non-hydrogen) atoms. The van der Waals surface area contributed by atoms with E-state index in [0.29, 0.717) is 6.42 Å². The lowest BCUT2D eigenvalue weighted by Gasteiger charge is -2.02. The van der Waals surface area contributed by atoms with Gasteiger partial charge in [-0.3, -0.25) is 4.79 Å². The molecular formula is C15H19NO2. The first-order chi connectivity index (χ1) is 8.79. The molecule has 1 aromatic carbocycles. The third-order valence-corrected chi connectivity index (χ3v) is 2.43. The van der Waals surface area contributed by atoms with Crippen LogP contribution >= 0.6 is 0 Å². The molecule has 0 aliphatic heterocycles. The molecule has 0 bridgehead atoms. The predicted molar refractivity (Wildman–Crippen MR) is 73.3 cm³/mol. The fourth-order valence-electron chi connectivity index (χ4n) is 1.60. The lowest BCUT2D eigenvalue weighted by molar-refractivity contribution is -0.139. The van der Waals surface area contributed by atoms with Crippen LogP contribution in [0.15, 0.2) is 42.7 Å². The molecular weight excluding hydrogens is 226 g/mol. The van der Waals surface area contributed by atoms with Gasteiger partial charge in [0.05, 0.1) is 13.5 Å². The summed E-state index contributed by atoms with van der Waals surface area (Å²) < 4.78 is 4.64. The van der Waals surface area contributed by atoms with Crippen LogP contribution in [-0.4, -0.2) is 18.1 Å². The number of ether oxygens (including phenoxy) is 1. The summed E-state index contributed by atoms with van der Waals surface area (Å²) in [5.41, 5.74) is 3.18. The molecule has 0 aliphatic rings. The Labute approximate surface area is 108 Å². The van der Waals surface area contributed by atoms with E-state index in [1.807, 2.05) is 56.6 Å². The molecule has 0 saturated carbocycles. The number of rotatable bonds is 3. The van der Waals surface area contributed by atoms with E-state index in [1.165, 1.54) is 7.11 Å². The zero-order valence-corrected chi connectivity index (χ0v) is 11.1. The van der Waals surface area contributed by atoms with Crippen LogP contribution in [0.2, 0.25) is 0 Å². The third-order valence-electron chi connectivity index (χ3n) is 2.43. The number of hydrogen-bond acceptors (Lipinski definition) is 2. The van der Waals surface area contributed by atoms with Crippen molar-refractivity contribution >= 4 is 5.97 Å². The molecule has 0 spiro atoms. The zero-order valence-electron chi connectivity index (χ0n) is 11.1. The van der Waals surface area contributed by atoms with E-state index in [2.05, 4.69) is 9.72 Å². The number of aromatic amines is 1. The van der Waals surface area contributed by atoms with Gasteiger partial charge in [0.2, 0.25) is 0 Å². The summed E-state index contributed by atoms with van der Waals surface area (Å²) >= 11 is 0. The highest BCUT2D eigenvalue weighted by atomic mass is 16.5. The Morgan fingerprint density at radius 1 is 1.22 bits per heavy atom. The minimum Gasteiger partial charge on any atom is -0.469 e. The number of carbonyl (C=O) groups excluding carboxylic acids is 1. The van der Waals surface area contributed by atoms with Gasteiger partial charge in [0, 0.05) is 12.4 Å². The monoisotopic (exact) mass is 245 g/mol. The van der Waals surface area contributed by atoms with Gasteiger partial charge in [0.25, 0.3) is 0 Å². The van der Waals surface area contributed by atoms with E-state index >= 15 is 0 Å². The summed E-state index contributed by atoms with van der Waals surface area (Å²) in [4.78, 5) is 14.2. The molecule has 0 saturated heterocycles. The summed E-state index contributed by atoms with van der Waals surface area (Å²) in [7, 11) is 1.40. The molecule has 0 radical (unpaired) electrons. The van der Waals surface area contributed by atoms with Gasteiger partial charge >= 0.3 is 5.97 Å². The van der Waals surface area contributed by atoms with Gasteiger partial charge in [-0.15, -0.1) is 0 Å². The average molecular weight is 245 g/mol. The summed E-state index contributed by atoms with van der Waals surface area (Å²) in [6.07, 6.45) is 4.12. The van der Waals surface area contributed by atoms with Crippen molar-refractivity contribution in [3.63, 3.8) is 0 Å². The Kier molecular flexibility index (Phi) is 5.71. The van der Waals surface area contributed by atoms with Gasteiger partial charge in [-0.1, -0.05) is 38.1 Å². The molecule has 96 valence electrons. The maximum absolute atomic E-state index is 11.2. The topological polar surface area (TPSA) is 42.1 Å². The van der Waals surface area contributed by atoms with Crippen LogP contribution in [-0.2, 0) is 16.0 Å². The van der Waals surface area contributed by atoms with Gasteiger partial charge in [-0.2, -0.15) is 0 Å². The zero-order chi connectivity index (χ0) is 13.4. The lowest BCUT2D eigenvalue weighted by atomic mass is 10.0. The summed E-state index contributed by atoms with van der Waals surface area (Å²) in [5, 5.41) is 0. The minimum atomic E-state index is -0.216. The van der Waals surface area contributed by atoms with Crippen molar-refractivity contribution in [1.82, 2.24) is 4.98 Å². The van der Waals surface area contributed by atoms with Crippen molar-refractivity contribution in [2.75, 3.05) is 7.11 Å². The normalized spacial score (nSPS) is 9.28. The summed E-state index contributed by atoms with van der Waals surface area (Å²) in [5.74, 6) is -0.216. The molecule has 2 rings (SSSR count). The smallest absolute Gasteiger partial charge is 0.309 e. The van der Waals surface area contributed by atoms with Crippen LogP contribution in [0.3, 0.4) is 0 Å². The number of methoxy groups -OCH3 is 1. The van der Waals surface area contributed by atoms with Gasteiger partial charge in [0.15, 0.2) is 0 Å². The second-order valence-electron chi connectivity index (χ2n) is 3.55. The lowest BCUT2D eigenvalue weighted by Crippen LogP contribution is -2.04. The Morgan fingerprint density at radius 2 is 2.00 bits per heavy atom. The average Bonchev–Trinajstić information content (AvgIpc) is 2.95. The second-order valence-corrected chi connectivity index (χ2v) is 3.55. The molecule has 0 amide bonds. The maximum Gasteiger partial charge on any atom is 0.309 e. The van der Waals surface area contributed by atoms with E-state index < -0.39 is 0 Å². The van der Waals surface area contributed by atoms with Crippen LogP contribution in [0.5, 0.6) is 0 Å². The van der Waals surface area contributed by atoms with Crippen molar-refractivity contribution < 1.29 is 9.53 Å². The van der Waals surface area contributed by atoms with Gasteiger partial charge in [0.1, 0.15) is 0 Å². The maximum atomic E-state index is 11.2. The van der Waals surface area contributed by atoms with Crippen molar-refractivity contribution in [2.24, 2.45) is 0 Å². The molecule has 3 heteroatoms. The Bertz CT molecular complexity index is 475. The molecule has 2 aromatic rings. The standard InChI is InChI=1S/C13H13NO2.C2H6/c1-16-13(15)8-10-3-2-4-11(7-10)12-5-6-14-9-12;1-2/h2-7,9,14H,8H2,1H3;1-2H3. The second kappa shape index (κ2) is 7.33. The van der Waals surface area contributed by atoms with Crippen LogP contribution in [0, 0.1) is 0 Å². The molecule has 1 aromatic heterocycles. The number of aromatic nitrogens is 1. The van der Waals surface area contributed by atoms with Gasteiger partial charge < -0.3 is 9.72 Å². The summed E-state index contributed by atoms with van der Waals surface area (Å²) in [6, 6.07) is 9.88. The number of benzene rings is 1. The van der Waals surface area contributed by atoms with Crippen molar-refractivity contribution in [1.29, 1.82) is 0 Å². The molecule has 0 aliphatic carbocycles. The largest absolute Gasteiger partial charge is 0.469 e. The Morgan fingerprint density at radius 3 is 2.61 bits per heavy atom. The first-order valence-electron chi connectivity index (χ1n) is 6.08. The van der Waals surface area contributed by atoms with Crippen molar-refractivity contribution in [3.8, 4) is 11.1 Å². The number of nitrogens with one attached hydrogen (secondary N) is 1. The van der Waals surface area contributed by atoms with E-state index in [4.69, 9.17) is 0 Å². The van der Waals surface area contributed by atoms with E-state index in [1.54, 1.807) is 0 Å². The fraction of sp³-hybridized carbons (Fsp3) is 0.267. The van der Waals surface area contributed by atoms with E-state index in [0.717, 1.165) is 16.7 Å². The Balaban J connectivity index is 0.000000771. The molecule has 0 atom stereocenters. The molecule has 1 N–H and O–H groups in total. The first-order valence-corrected chi connectivity index (χ1v) is 6.08. The van der Waals surface area contributed by atoms with Gasteiger partial charge in [-0.05, 0) is 22.8 Å². The molecule has 3 nitrogen and oxygen atoms in total. The predicted octanol–water partition coefficient (Wildman–Crippen LogP) is 3.42. The van der Waals surface area contributed by atoms with E-state index in [-0.39, 0.29) is 5.97 Å². The van der Waals surface area contributed by atoms with Crippen molar-refractivity contribution in [2.45, 2.75) is 20.3 Å². The molecule has 0 fully saturated rings. The first kappa shape index (κ1) is 14.0. The summed E-state index contributed by atoms with van der Waals surface area (Å²) in [6.45, 7) is 4.00. The Hall–Kier alpha value is -2.03. The number of H-pyrrole nitrogens is 1. The van der Waals surface area contributed by atoms with Crippen LogP contribution in [0.4, 0.5) is 0 Å². The highest BCUT2D eigenvalue weighted by Gasteiger charge is 2.04. The molecule has 1 heterocycles. The van der Waals surface area contributed by atoms with Crippen molar-refractivity contribution in [3.05, 3.63) is 48.3 Å². The van der Waals surface area contributed by atoms with Gasteiger partial charge in [-0.25, -0.2) is 0 Å². The highest BCUT2D eigenvalue weighted by molar-refractivity contribution is 5.73. The SMILES string of the molecule is CC.COC(=O)Cc1cccc(-c2cc[nH]c2)c1. The minimum absolute atomic E-state index is 0.216. The quantitative estimate of drug-likeness (QED) is 0.842. The van der Waals surface area contributed by atoms with Crippen LogP contribution in [0.1, 0.15) is 19.4 Å². The molecule has 0 unspecified atom stereocenters. The third kappa shape index (κ3) is 3.77. The number of hydrogen-bond donors (Lipinski definition) is 1. The highest BCUT2D eigenvalue weighted by Crippen LogP contribution is 2.19. The fourth-order valence-corrected chi connectivity index (χ4v) is 1.60.